The third kappa shape index (κ3) is 2.91. The number of amides is 2. The fourth-order valence-corrected chi connectivity index (χ4v) is 2.31. The Balaban J connectivity index is 1.73. The molecule has 1 aliphatic heterocycles. The number of pyridine rings is 1. The van der Waals surface area contributed by atoms with E-state index in [1.165, 1.54) is 0 Å². The van der Waals surface area contributed by atoms with E-state index < -0.39 is 0 Å². The van der Waals surface area contributed by atoms with Crippen molar-refractivity contribution in [3.05, 3.63) is 36.8 Å². The van der Waals surface area contributed by atoms with Gasteiger partial charge >= 0.3 is 0 Å². The highest BCUT2D eigenvalue weighted by atomic mass is 16.2. The van der Waals surface area contributed by atoms with Crippen LogP contribution in [0.1, 0.15) is 12.8 Å². The topological polar surface area (TPSA) is 80.1 Å². The van der Waals surface area contributed by atoms with Gasteiger partial charge in [0.05, 0.1) is 12.2 Å². The fraction of sp³-hybridized carbons (Fsp3) is 0.286. The molecule has 7 nitrogen and oxygen atoms in total. The van der Waals surface area contributed by atoms with E-state index in [4.69, 9.17) is 0 Å². The Morgan fingerprint density at radius 2 is 2.24 bits per heavy atom. The van der Waals surface area contributed by atoms with Gasteiger partial charge in [-0.05, 0) is 24.6 Å². The van der Waals surface area contributed by atoms with Crippen LogP contribution in [0.2, 0.25) is 0 Å². The Kier molecular flexibility index (Phi) is 3.63. The lowest BCUT2D eigenvalue weighted by atomic mass is 10.3. The number of carbonyl (C=O) groups excluding carboxylic acids is 2. The Morgan fingerprint density at radius 3 is 2.95 bits per heavy atom. The summed E-state index contributed by atoms with van der Waals surface area (Å²) in [5.74, 6) is 0.346. The van der Waals surface area contributed by atoms with E-state index in [9.17, 15) is 9.59 Å². The summed E-state index contributed by atoms with van der Waals surface area (Å²) in [4.78, 5) is 29.4. The van der Waals surface area contributed by atoms with Crippen LogP contribution in [-0.2, 0) is 9.59 Å². The molecule has 0 aliphatic carbocycles. The molecule has 2 aromatic rings. The van der Waals surface area contributed by atoms with Crippen molar-refractivity contribution < 1.29 is 9.59 Å². The summed E-state index contributed by atoms with van der Waals surface area (Å²) in [6.07, 6.45) is 6.37. The Morgan fingerprint density at radius 1 is 1.33 bits per heavy atom. The quantitative estimate of drug-likeness (QED) is 0.902. The van der Waals surface area contributed by atoms with Crippen LogP contribution in [0.5, 0.6) is 0 Å². The van der Waals surface area contributed by atoms with Crippen LogP contribution in [0, 0.1) is 0 Å². The fourth-order valence-electron chi connectivity index (χ4n) is 2.31. The predicted molar refractivity (Wildman–Crippen MR) is 75.8 cm³/mol. The maximum absolute atomic E-state index is 12.1. The lowest BCUT2D eigenvalue weighted by molar-refractivity contribution is -0.131. The molecule has 0 saturated carbocycles. The minimum Gasteiger partial charge on any atom is -0.333 e. The zero-order valence-corrected chi connectivity index (χ0v) is 11.4. The highest BCUT2D eigenvalue weighted by Gasteiger charge is 2.22. The minimum atomic E-state index is -0.230. The van der Waals surface area contributed by atoms with Crippen molar-refractivity contribution in [1.82, 2.24) is 19.7 Å². The molecule has 3 rings (SSSR count). The number of aromatic nitrogens is 3. The molecule has 1 saturated heterocycles. The molecule has 1 fully saturated rings. The first-order chi connectivity index (χ1) is 10.2. The Bertz CT molecular complexity index is 653. The molecular weight excluding hydrogens is 270 g/mol. The van der Waals surface area contributed by atoms with Crippen molar-refractivity contribution in [3.63, 3.8) is 0 Å². The first-order valence-electron chi connectivity index (χ1n) is 6.77. The summed E-state index contributed by atoms with van der Waals surface area (Å²) in [7, 11) is 0. The van der Waals surface area contributed by atoms with Gasteiger partial charge in [0, 0.05) is 31.6 Å². The molecule has 0 spiro atoms. The van der Waals surface area contributed by atoms with Crippen LogP contribution in [-0.4, -0.2) is 44.6 Å². The summed E-state index contributed by atoms with van der Waals surface area (Å²) in [6.45, 7) is 0.720. The molecule has 1 aliphatic rings. The summed E-state index contributed by atoms with van der Waals surface area (Å²) in [6, 6.07) is 5.28. The highest BCUT2D eigenvalue weighted by molar-refractivity contribution is 5.96. The summed E-state index contributed by atoms with van der Waals surface area (Å²) < 4.78 is 1.58. The Labute approximate surface area is 121 Å². The molecule has 1 N–H and O–H groups in total. The van der Waals surface area contributed by atoms with Gasteiger partial charge in [-0.2, -0.15) is 5.10 Å². The number of carbonyl (C=O) groups is 2. The van der Waals surface area contributed by atoms with Crippen LogP contribution in [0.4, 0.5) is 5.69 Å². The van der Waals surface area contributed by atoms with Gasteiger partial charge in [0.2, 0.25) is 11.8 Å². The number of hydrogen-bond donors (Lipinski definition) is 1. The van der Waals surface area contributed by atoms with E-state index in [0.717, 1.165) is 6.42 Å². The summed E-state index contributed by atoms with van der Waals surface area (Å²) >= 11 is 0. The van der Waals surface area contributed by atoms with Crippen LogP contribution >= 0.6 is 0 Å². The van der Waals surface area contributed by atoms with Crippen molar-refractivity contribution in [3.8, 4) is 5.82 Å². The van der Waals surface area contributed by atoms with E-state index in [1.807, 2.05) is 0 Å². The van der Waals surface area contributed by atoms with Gasteiger partial charge in [-0.3, -0.25) is 9.59 Å². The summed E-state index contributed by atoms with van der Waals surface area (Å²) in [5, 5.41) is 6.90. The van der Waals surface area contributed by atoms with Gasteiger partial charge in [0.25, 0.3) is 0 Å². The second kappa shape index (κ2) is 5.74. The summed E-state index contributed by atoms with van der Waals surface area (Å²) in [5.41, 5.74) is 0.567. The zero-order valence-electron chi connectivity index (χ0n) is 11.4. The van der Waals surface area contributed by atoms with Crippen LogP contribution in [0.3, 0.4) is 0 Å². The van der Waals surface area contributed by atoms with Crippen LogP contribution in [0.15, 0.2) is 36.8 Å². The zero-order chi connectivity index (χ0) is 14.7. The lowest BCUT2D eigenvalue weighted by Crippen LogP contribution is -2.34. The largest absolute Gasteiger partial charge is 0.333 e. The SMILES string of the molecule is O=C(CN1CCCC1=O)Nc1cccnc1-n1cccn1. The molecule has 3 heterocycles. The van der Waals surface area contributed by atoms with Crippen molar-refractivity contribution >= 4 is 17.5 Å². The van der Waals surface area contributed by atoms with Gasteiger partial charge in [-0.1, -0.05) is 0 Å². The monoisotopic (exact) mass is 285 g/mol. The highest BCUT2D eigenvalue weighted by Crippen LogP contribution is 2.16. The molecule has 0 bridgehead atoms. The first-order valence-corrected chi connectivity index (χ1v) is 6.77. The third-order valence-electron chi connectivity index (χ3n) is 3.29. The van der Waals surface area contributed by atoms with Crippen LogP contribution in [0.25, 0.3) is 5.82 Å². The smallest absolute Gasteiger partial charge is 0.244 e. The molecule has 2 aromatic heterocycles. The lowest BCUT2D eigenvalue weighted by Gasteiger charge is -2.16. The number of anilines is 1. The van der Waals surface area contributed by atoms with E-state index >= 15 is 0 Å². The van der Waals surface area contributed by atoms with Crippen LogP contribution < -0.4 is 5.32 Å². The maximum Gasteiger partial charge on any atom is 0.244 e. The molecule has 2 amide bonds. The van der Waals surface area contributed by atoms with Gasteiger partial charge in [-0.15, -0.1) is 0 Å². The molecule has 0 atom stereocenters. The van der Waals surface area contributed by atoms with Crippen molar-refractivity contribution in [2.75, 3.05) is 18.4 Å². The second-order valence-electron chi connectivity index (χ2n) is 4.79. The number of nitrogens with zero attached hydrogens (tertiary/aromatic N) is 4. The number of likely N-dealkylation sites (tertiary alicyclic amines) is 1. The van der Waals surface area contributed by atoms with Gasteiger partial charge in [-0.25, -0.2) is 9.67 Å². The first kappa shape index (κ1) is 13.3. The second-order valence-corrected chi connectivity index (χ2v) is 4.79. The van der Waals surface area contributed by atoms with Gasteiger partial charge in [0.1, 0.15) is 0 Å². The average molecular weight is 285 g/mol. The molecule has 0 unspecified atom stereocenters. The van der Waals surface area contributed by atoms with E-state index in [2.05, 4.69) is 15.4 Å². The van der Waals surface area contributed by atoms with Gasteiger partial charge < -0.3 is 10.2 Å². The number of rotatable bonds is 4. The normalized spacial score (nSPS) is 14.5. The van der Waals surface area contributed by atoms with E-state index in [-0.39, 0.29) is 18.4 Å². The molecule has 21 heavy (non-hydrogen) atoms. The number of hydrogen-bond acceptors (Lipinski definition) is 4. The molecular formula is C14H15N5O2. The minimum absolute atomic E-state index is 0.0311. The standard InChI is InChI=1S/C14H15N5O2/c20-12(10-18-8-2-5-13(18)21)17-11-4-1-6-15-14(11)19-9-3-7-16-19/h1,3-4,6-7,9H,2,5,8,10H2,(H,17,20). The van der Waals surface area contributed by atoms with E-state index in [0.29, 0.717) is 24.5 Å². The molecule has 7 heteroatoms. The van der Waals surface area contributed by atoms with E-state index in [1.54, 1.807) is 46.4 Å². The average Bonchev–Trinajstić information content (AvgIpc) is 3.12. The van der Waals surface area contributed by atoms with Crippen molar-refractivity contribution in [2.24, 2.45) is 0 Å². The number of nitrogens with one attached hydrogen (secondary N) is 1. The molecule has 0 radical (unpaired) electrons. The van der Waals surface area contributed by atoms with Crippen molar-refractivity contribution in [2.45, 2.75) is 12.8 Å². The molecule has 108 valence electrons. The maximum atomic E-state index is 12.1. The predicted octanol–water partition coefficient (Wildman–Crippen LogP) is 0.828. The Hall–Kier alpha value is -2.70. The molecule has 0 aromatic carbocycles. The van der Waals surface area contributed by atoms with Gasteiger partial charge in [0.15, 0.2) is 5.82 Å². The third-order valence-corrected chi connectivity index (χ3v) is 3.29. The van der Waals surface area contributed by atoms with Crippen molar-refractivity contribution in [1.29, 1.82) is 0 Å².